The third-order valence-electron chi connectivity index (χ3n) is 4.74. The van der Waals surface area contributed by atoms with Crippen molar-refractivity contribution in [2.24, 2.45) is 0 Å². The second-order valence-electron chi connectivity index (χ2n) is 8.09. The number of hydrogen-bond acceptors (Lipinski definition) is 6. The smallest absolute Gasteiger partial charge is 0.408 e. The molecule has 6 nitrogen and oxygen atoms in total. The Morgan fingerprint density at radius 2 is 1.71 bits per heavy atom. The largest absolute Gasteiger partial charge is 0.444 e. The van der Waals surface area contributed by atoms with Crippen LogP contribution in [-0.4, -0.2) is 46.1 Å². The van der Waals surface area contributed by atoms with E-state index in [-0.39, 0.29) is 11.4 Å². The highest BCUT2D eigenvalue weighted by molar-refractivity contribution is 8.67. The lowest BCUT2D eigenvalue weighted by Crippen LogP contribution is -2.67. The fourth-order valence-corrected chi connectivity index (χ4v) is 3.85. The maximum Gasteiger partial charge on any atom is 0.408 e. The molecule has 0 aromatic rings. The van der Waals surface area contributed by atoms with Crippen molar-refractivity contribution >= 4 is 34.6 Å². The van der Waals surface area contributed by atoms with Crippen molar-refractivity contribution in [1.29, 1.82) is 0 Å². The van der Waals surface area contributed by atoms with E-state index in [0.717, 1.165) is 32.4 Å². The van der Waals surface area contributed by atoms with E-state index in [2.05, 4.69) is 33.5 Å². The molecule has 2 aliphatic rings. The van der Waals surface area contributed by atoms with E-state index < -0.39 is 17.2 Å². The Morgan fingerprint density at radius 1 is 1.12 bits per heavy atom. The van der Waals surface area contributed by atoms with Gasteiger partial charge in [0.2, 0.25) is 5.91 Å². The average Bonchev–Trinajstić information content (AvgIpc) is 2.41. The molecule has 2 N–H and O–H groups in total. The lowest BCUT2D eigenvalue weighted by Gasteiger charge is -2.45. The van der Waals surface area contributed by atoms with Gasteiger partial charge in [-0.15, -0.1) is 0 Å². The fourth-order valence-electron chi connectivity index (χ4n) is 3.02. The minimum absolute atomic E-state index is 0.0888. The van der Waals surface area contributed by atoms with Crippen LogP contribution in [0.15, 0.2) is 0 Å². The molecule has 0 aromatic heterocycles. The monoisotopic (exact) mass is 375 g/mol. The molecule has 2 rings (SSSR count). The quantitative estimate of drug-likeness (QED) is 0.400. The van der Waals surface area contributed by atoms with Gasteiger partial charge in [-0.3, -0.25) is 4.79 Å². The zero-order valence-electron chi connectivity index (χ0n) is 15.0. The summed E-state index contributed by atoms with van der Waals surface area (Å²) >= 11 is 4.23. The van der Waals surface area contributed by atoms with Crippen molar-refractivity contribution in [3.8, 4) is 0 Å². The standard InChI is InChI=1S/C16H29N3O3S2/c1-14(2,3)22-13(21)18-16(6-5-7-16)12(20)17-15(4)8-10-19(24-23)11-9-15/h23H,5-11H2,1-4H3,(H,17,20)(H,18,21). The van der Waals surface area contributed by atoms with E-state index in [1.165, 1.54) is 11.0 Å². The molecule has 0 radical (unpaired) electrons. The van der Waals surface area contributed by atoms with Crippen LogP contribution in [0.3, 0.4) is 0 Å². The molecule has 138 valence electrons. The normalized spacial score (nSPS) is 23.0. The Hall–Kier alpha value is -0.600. The molecule has 0 atom stereocenters. The number of rotatable bonds is 4. The first-order valence-electron chi connectivity index (χ1n) is 8.48. The molecule has 0 bridgehead atoms. The Labute approximate surface area is 153 Å². The summed E-state index contributed by atoms with van der Waals surface area (Å²) in [6, 6.07) is 0. The number of nitrogens with one attached hydrogen (secondary N) is 2. The second kappa shape index (κ2) is 7.33. The zero-order chi connectivity index (χ0) is 18.0. The number of thiol groups is 1. The Kier molecular flexibility index (Phi) is 6.03. The lowest BCUT2D eigenvalue weighted by atomic mass is 9.75. The SMILES string of the molecule is CC1(NC(=O)C2(NC(=O)OC(C)(C)C)CCC2)CCN(SS)CC1. The van der Waals surface area contributed by atoms with E-state index in [9.17, 15) is 9.59 Å². The van der Waals surface area contributed by atoms with Gasteiger partial charge in [0.1, 0.15) is 11.1 Å². The molecular formula is C16H29N3O3S2. The van der Waals surface area contributed by atoms with Gasteiger partial charge in [0.15, 0.2) is 0 Å². The van der Waals surface area contributed by atoms with Crippen LogP contribution in [0, 0.1) is 0 Å². The number of carbonyl (C=O) groups excluding carboxylic acids is 2. The van der Waals surface area contributed by atoms with Crippen molar-refractivity contribution < 1.29 is 14.3 Å². The summed E-state index contributed by atoms with van der Waals surface area (Å²) in [4.78, 5) is 25.0. The van der Waals surface area contributed by atoms with Crippen LogP contribution < -0.4 is 10.6 Å². The third-order valence-corrected chi connectivity index (χ3v) is 6.03. The maximum atomic E-state index is 12.9. The molecule has 8 heteroatoms. The van der Waals surface area contributed by atoms with Crippen LogP contribution in [0.25, 0.3) is 0 Å². The molecule has 0 aromatic carbocycles. The number of ether oxygens (including phenoxy) is 1. The van der Waals surface area contributed by atoms with E-state index in [1.54, 1.807) is 0 Å². The number of amides is 2. The summed E-state index contributed by atoms with van der Waals surface area (Å²) in [5.41, 5.74) is -1.63. The molecule has 2 fully saturated rings. The minimum atomic E-state index is -0.819. The van der Waals surface area contributed by atoms with Crippen molar-refractivity contribution in [2.45, 2.75) is 76.5 Å². The van der Waals surface area contributed by atoms with Gasteiger partial charge >= 0.3 is 6.09 Å². The highest BCUT2D eigenvalue weighted by Crippen LogP contribution is 2.34. The third kappa shape index (κ3) is 4.95. The van der Waals surface area contributed by atoms with Crippen LogP contribution in [0.2, 0.25) is 0 Å². The number of hydrogen-bond donors (Lipinski definition) is 3. The van der Waals surface area contributed by atoms with Gasteiger partial charge in [-0.05, 0) is 70.8 Å². The molecule has 0 spiro atoms. The molecule has 1 aliphatic carbocycles. The van der Waals surface area contributed by atoms with Crippen molar-refractivity contribution in [3.63, 3.8) is 0 Å². The topological polar surface area (TPSA) is 70.7 Å². The van der Waals surface area contributed by atoms with Crippen molar-refractivity contribution in [1.82, 2.24) is 14.9 Å². The minimum Gasteiger partial charge on any atom is -0.444 e. The van der Waals surface area contributed by atoms with Crippen LogP contribution in [0.4, 0.5) is 4.79 Å². The van der Waals surface area contributed by atoms with Crippen molar-refractivity contribution in [2.75, 3.05) is 13.1 Å². The van der Waals surface area contributed by atoms with Gasteiger partial charge < -0.3 is 15.4 Å². The van der Waals surface area contributed by atoms with Crippen LogP contribution in [0.1, 0.15) is 59.8 Å². The Balaban J connectivity index is 1.95. The first-order valence-corrected chi connectivity index (χ1v) is 10.3. The van der Waals surface area contributed by atoms with Gasteiger partial charge in [0, 0.05) is 18.6 Å². The molecule has 1 saturated carbocycles. The van der Waals surface area contributed by atoms with Gasteiger partial charge in [-0.1, -0.05) is 11.7 Å². The average molecular weight is 376 g/mol. The Bertz CT molecular complexity index is 481. The second-order valence-corrected chi connectivity index (χ2v) is 9.26. The van der Waals surface area contributed by atoms with Crippen LogP contribution >= 0.6 is 22.6 Å². The van der Waals surface area contributed by atoms with Crippen molar-refractivity contribution in [3.05, 3.63) is 0 Å². The summed E-state index contributed by atoms with van der Waals surface area (Å²) in [6.45, 7) is 9.29. The summed E-state index contributed by atoms with van der Waals surface area (Å²) in [6.07, 6.45) is 3.47. The van der Waals surface area contributed by atoms with Gasteiger partial charge in [-0.2, -0.15) is 0 Å². The predicted molar refractivity (Wildman–Crippen MR) is 99.9 cm³/mol. The molecule has 24 heavy (non-hydrogen) atoms. The van der Waals surface area contributed by atoms with E-state index in [1.807, 2.05) is 20.8 Å². The highest BCUT2D eigenvalue weighted by Gasteiger charge is 2.48. The van der Waals surface area contributed by atoms with Gasteiger partial charge in [0.25, 0.3) is 0 Å². The Morgan fingerprint density at radius 3 is 2.12 bits per heavy atom. The van der Waals surface area contributed by atoms with E-state index in [0.29, 0.717) is 12.8 Å². The maximum absolute atomic E-state index is 12.9. The first-order chi connectivity index (χ1) is 11.1. The molecule has 0 unspecified atom stereocenters. The van der Waals surface area contributed by atoms with Crippen LogP contribution in [0.5, 0.6) is 0 Å². The summed E-state index contributed by atoms with van der Waals surface area (Å²) in [7, 11) is 1.44. The molecular weight excluding hydrogens is 346 g/mol. The number of carbonyl (C=O) groups is 2. The molecule has 2 amide bonds. The summed E-state index contributed by atoms with van der Waals surface area (Å²) in [5, 5.41) is 5.99. The molecule has 1 saturated heterocycles. The van der Waals surface area contributed by atoms with E-state index in [4.69, 9.17) is 4.74 Å². The lowest BCUT2D eigenvalue weighted by molar-refractivity contribution is -0.133. The number of nitrogens with zero attached hydrogens (tertiary/aromatic N) is 1. The summed E-state index contributed by atoms with van der Waals surface area (Å²) < 4.78 is 7.49. The molecule has 1 aliphatic heterocycles. The van der Waals surface area contributed by atoms with Gasteiger partial charge in [0.05, 0.1) is 0 Å². The zero-order valence-corrected chi connectivity index (χ0v) is 16.7. The first kappa shape index (κ1) is 19.7. The summed E-state index contributed by atoms with van der Waals surface area (Å²) in [5.74, 6) is -0.0888. The number of piperidine rings is 1. The fraction of sp³-hybridized carbons (Fsp3) is 0.875. The number of alkyl carbamates (subject to hydrolysis) is 1. The van der Waals surface area contributed by atoms with Crippen LogP contribution in [-0.2, 0) is 9.53 Å². The van der Waals surface area contributed by atoms with E-state index >= 15 is 0 Å². The van der Waals surface area contributed by atoms with Gasteiger partial charge in [-0.25, -0.2) is 9.10 Å². The predicted octanol–water partition coefficient (Wildman–Crippen LogP) is 2.90. The molecule has 1 heterocycles. The highest BCUT2D eigenvalue weighted by atomic mass is 33.1.